The number of carbonyl (C=O) groups is 3. The highest BCUT2D eigenvalue weighted by Crippen LogP contribution is 2.27. The number of anilines is 2. The molecule has 0 bridgehead atoms. The number of halogens is 4. The van der Waals surface area contributed by atoms with Crippen LogP contribution in [0, 0.1) is 11.6 Å². The van der Waals surface area contributed by atoms with Gasteiger partial charge in [0.25, 0.3) is 5.89 Å². The molecule has 0 unspecified atom stereocenters. The monoisotopic (exact) mass is 913 g/mol. The fourth-order valence-electron chi connectivity index (χ4n) is 8.06. The zero-order valence-electron chi connectivity index (χ0n) is 36.2. The van der Waals surface area contributed by atoms with Crippen LogP contribution >= 0.6 is 0 Å². The summed E-state index contributed by atoms with van der Waals surface area (Å²) in [5.74, 6) is -1.72. The highest BCUT2D eigenvalue weighted by Gasteiger charge is 2.34. The first-order valence-electron chi connectivity index (χ1n) is 21.8. The van der Waals surface area contributed by atoms with E-state index in [4.69, 9.17) is 19.6 Å². The molecular weight excluding hydrogens is 863 g/mol. The average Bonchev–Trinajstić information content (AvgIpc) is 3.81. The zero-order chi connectivity index (χ0) is 46.2. The van der Waals surface area contributed by atoms with Gasteiger partial charge in [-0.3, -0.25) is 24.4 Å². The molecule has 2 N–H and O–H groups in total. The number of nitrogens with zero attached hydrogens (tertiary/aromatic N) is 8. The SMILES string of the molecule is NCC(=O)c1ccc(CN(C(=O)N2CCN(C3COC3)CC2)c2cccc(F)c2)cc1.O=C(N1CCN(C2COC2)CC1)N(Cc1ccc(-c2nnc(C(F)F)o2)cc1)c1cccc(F)c1. The maximum atomic E-state index is 14.0. The molecule has 4 aliphatic heterocycles. The smallest absolute Gasteiger partial charge is 0.324 e. The minimum absolute atomic E-state index is 0.0142. The van der Waals surface area contributed by atoms with Gasteiger partial charge >= 0.3 is 18.5 Å². The van der Waals surface area contributed by atoms with Gasteiger partial charge in [-0.25, -0.2) is 18.4 Å². The molecule has 4 aromatic carbocycles. The van der Waals surface area contributed by atoms with Crippen molar-refractivity contribution >= 4 is 29.2 Å². The lowest BCUT2D eigenvalue weighted by Crippen LogP contribution is -2.59. The van der Waals surface area contributed by atoms with Gasteiger partial charge in [0.2, 0.25) is 5.89 Å². The van der Waals surface area contributed by atoms with Gasteiger partial charge in [0.15, 0.2) is 5.78 Å². The Bertz CT molecular complexity index is 2420. The quantitative estimate of drug-likeness (QED) is 0.115. The fourth-order valence-corrected chi connectivity index (χ4v) is 8.06. The minimum atomic E-state index is -2.84. The summed E-state index contributed by atoms with van der Waals surface area (Å²) in [5.41, 5.74) is 9.00. The largest absolute Gasteiger partial charge is 0.415 e. The average molecular weight is 914 g/mol. The molecule has 4 saturated heterocycles. The van der Waals surface area contributed by atoms with Gasteiger partial charge in [0, 0.05) is 74.9 Å². The van der Waals surface area contributed by atoms with E-state index in [1.54, 1.807) is 87.5 Å². The lowest BCUT2D eigenvalue weighted by Gasteiger charge is -2.43. The molecule has 0 spiro atoms. The van der Waals surface area contributed by atoms with Crippen molar-refractivity contribution in [2.24, 2.45) is 5.73 Å². The van der Waals surface area contributed by atoms with Crippen LogP contribution in [-0.4, -0.2) is 145 Å². The molecule has 1 aromatic heterocycles. The normalized spacial score (nSPS) is 17.1. The van der Waals surface area contributed by atoms with Gasteiger partial charge in [0.05, 0.1) is 58.1 Å². The summed E-state index contributed by atoms with van der Waals surface area (Å²) in [6, 6.07) is 26.3. The number of ketones is 1. The Morgan fingerprint density at radius 1 is 0.636 bits per heavy atom. The third-order valence-corrected chi connectivity index (χ3v) is 12.1. The minimum Gasteiger partial charge on any atom is -0.415 e. The van der Waals surface area contributed by atoms with Crippen LogP contribution in [0.3, 0.4) is 0 Å². The van der Waals surface area contributed by atoms with Crippen molar-refractivity contribution in [3.8, 4) is 11.5 Å². The van der Waals surface area contributed by atoms with Crippen molar-refractivity contribution in [1.82, 2.24) is 29.8 Å². The molecule has 5 heterocycles. The molecule has 4 amide bonds. The second-order valence-corrected chi connectivity index (χ2v) is 16.4. The van der Waals surface area contributed by atoms with Crippen molar-refractivity contribution in [2.75, 3.05) is 95.1 Å². The van der Waals surface area contributed by atoms with Gasteiger partial charge in [-0.15, -0.1) is 10.2 Å². The first-order chi connectivity index (χ1) is 32.0. The van der Waals surface area contributed by atoms with Crippen LogP contribution in [0.25, 0.3) is 11.5 Å². The molecule has 9 rings (SSSR count). The van der Waals surface area contributed by atoms with Crippen LogP contribution in [0.2, 0.25) is 0 Å². The van der Waals surface area contributed by atoms with Gasteiger partial charge in [-0.2, -0.15) is 8.78 Å². The van der Waals surface area contributed by atoms with Crippen molar-refractivity contribution in [3.63, 3.8) is 0 Å². The summed E-state index contributed by atoms with van der Waals surface area (Å²) in [6.45, 7) is 8.89. The van der Waals surface area contributed by atoms with Crippen LogP contribution in [0.1, 0.15) is 33.8 Å². The second kappa shape index (κ2) is 21.4. The van der Waals surface area contributed by atoms with Crippen LogP contribution in [0.5, 0.6) is 0 Å². The number of urea groups is 2. The molecule has 4 aliphatic rings. The van der Waals surface area contributed by atoms with Crippen LogP contribution in [0.15, 0.2) is 101 Å². The number of piperazine rings is 2. The van der Waals surface area contributed by atoms with E-state index in [0.717, 1.165) is 63.7 Å². The predicted molar refractivity (Wildman–Crippen MR) is 236 cm³/mol. The third-order valence-electron chi connectivity index (χ3n) is 12.1. The number of amides is 4. The molecule has 0 atom stereocenters. The molecule has 0 radical (unpaired) electrons. The van der Waals surface area contributed by atoms with E-state index in [-0.39, 0.29) is 43.4 Å². The van der Waals surface area contributed by atoms with E-state index < -0.39 is 24.0 Å². The summed E-state index contributed by atoms with van der Waals surface area (Å²) in [4.78, 5) is 50.1. The van der Waals surface area contributed by atoms with Crippen molar-refractivity contribution < 1.29 is 45.8 Å². The topological polar surface area (TPSA) is 154 Å². The molecule has 0 saturated carbocycles. The van der Waals surface area contributed by atoms with Gasteiger partial charge in [-0.1, -0.05) is 48.5 Å². The summed E-state index contributed by atoms with van der Waals surface area (Å²) in [6.07, 6.45) is -2.84. The summed E-state index contributed by atoms with van der Waals surface area (Å²) < 4.78 is 68.9. The number of Topliss-reactive ketones (excluding diaryl/α,β-unsaturated/α-hetero) is 1. The number of hydrogen-bond donors (Lipinski definition) is 1. The van der Waals surface area contributed by atoms with Crippen molar-refractivity contribution in [1.29, 1.82) is 0 Å². The standard InChI is InChI=1S/C24H24F3N5O3.C23H27FN4O3/c25-18-2-1-3-19(12-18)32(24(33)31-10-8-30(9-11-31)20-14-34-15-20)13-16-4-6-17(7-5-16)22-28-29-23(35-22)21(26)27;24-19-2-1-3-20(12-19)28(14-17-4-6-18(7-5-17)22(29)13-25)23(30)27-10-8-26(9-11-27)21-15-31-16-21/h1-7,12,20-21H,8-11,13-15H2;1-7,12,21H,8-11,13-16,25H2. The number of ether oxygens (including phenoxy) is 2. The molecule has 19 heteroatoms. The molecule has 15 nitrogen and oxygen atoms in total. The van der Waals surface area contributed by atoms with E-state index in [1.165, 1.54) is 24.3 Å². The summed E-state index contributed by atoms with van der Waals surface area (Å²) in [7, 11) is 0. The fraction of sp³-hybridized carbons (Fsp3) is 0.383. The maximum Gasteiger partial charge on any atom is 0.324 e. The maximum absolute atomic E-state index is 14.0. The molecule has 348 valence electrons. The van der Waals surface area contributed by atoms with Gasteiger partial charge in [0.1, 0.15) is 11.6 Å². The summed E-state index contributed by atoms with van der Waals surface area (Å²) >= 11 is 0. The van der Waals surface area contributed by atoms with Crippen molar-refractivity contribution in [3.05, 3.63) is 131 Å². The number of carbonyl (C=O) groups excluding carboxylic acids is 3. The number of benzene rings is 4. The Morgan fingerprint density at radius 2 is 1.09 bits per heavy atom. The Balaban J connectivity index is 0.000000181. The summed E-state index contributed by atoms with van der Waals surface area (Å²) in [5, 5.41) is 6.99. The van der Waals surface area contributed by atoms with Crippen molar-refractivity contribution in [2.45, 2.75) is 31.6 Å². The zero-order valence-corrected chi connectivity index (χ0v) is 36.2. The third kappa shape index (κ3) is 11.2. The second-order valence-electron chi connectivity index (χ2n) is 16.4. The first kappa shape index (κ1) is 46.3. The number of alkyl halides is 2. The highest BCUT2D eigenvalue weighted by atomic mass is 19.3. The van der Waals surface area contributed by atoms with Crippen LogP contribution in [-0.2, 0) is 22.6 Å². The first-order valence-corrected chi connectivity index (χ1v) is 21.8. The van der Waals surface area contributed by atoms with Gasteiger partial charge in [-0.05, 0) is 59.7 Å². The Hall–Kier alpha value is -6.25. The molecular formula is C47H51F4N9O6. The van der Waals surface area contributed by atoms with Crippen LogP contribution in [0.4, 0.5) is 38.5 Å². The number of hydrogen-bond acceptors (Lipinski definition) is 11. The lowest BCUT2D eigenvalue weighted by molar-refractivity contribution is -0.0738. The molecule has 4 fully saturated rings. The van der Waals surface area contributed by atoms with E-state index in [9.17, 15) is 31.9 Å². The highest BCUT2D eigenvalue weighted by molar-refractivity contribution is 5.97. The van der Waals surface area contributed by atoms with Gasteiger partial charge < -0.3 is 29.4 Å². The Morgan fingerprint density at radius 3 is 1.47 bits per heavy atom. The number of nitrogens with two attached hydrogens (primary N) is 1. The molecule has 5 aromatic rings. The Kier molecular flexibility index (Phi) is 15.0. The van der Waals surface area contributed by atoms with E-state index in [2.05, 4.69) is 20.0 Å². The van der Waals surface area contributed by atoms with Crippen LogP contribution < -0.4 is 15.5 Å². The molecule has 0 aliphatic carbocycles. The van der Waals surface area contributed by atoms with E-state index in [1.807, 2.05) is 4.90 Å². The molecule has 66 heavy (non-hydrogen) atoms. The number of rotatable bonds is 12. The predicted octanol–water partition coefficient (Wildman–Crippen LogP) is 6.07. The van der Waals surface area contributed by atoms with E-state index in [0.29, 0.717) is 60.8 Å². The Labute approximate surface area is 379 Å². The lowest BCUT2D eigenvalue weighted by atomic mass is 10.1. The number of aromatic nitrogens is 2. The van der Waals surface area contributed by atoms with E-state index >= 15 is 0 Å².